The number of halogens is 1. The summed E-state index contributed by atoms with van der Waals surface area (Å²) >= 11 is 0. The van der Waals surface area contributed by atoms with Crippen molar-refractivity contribution in [3.63, 3.8) is 0 Å². The van der Waals surface area contributed by atoms with Gasteiger partial charge in [-0.2, -0.15) is 0 Å². The maximum Gasteiger partial charge on any atom is 0.251 e. The van der Waals surface area contributed by atoms with E-state index in [1.54, 1.807) is 12.1 Å². The molecule has 5 heteroatoms. The molecule has 1 amide bonds. The average Bonchev–Trinajstić information content (AvgIpc) is 3.17. The number of ether oxygens (including phenoxy) is 2. The third-order valence-electron chi connectivity index (χ3n) is 5.60. The molecule has 26 heavy (non-hydrogen) atoms. The van der Waals surface area contributed by atoms with Crippen LogP contribution in [0.15, 0.2) is 42.5 Å². The van der Waals surface area contributed by atoms with E-state index in [1.807, 2.05) is 24.3 Å². The summed E-state index contributed by atoms with van der Waals surface area (Å²) in [5, 5.41) is 2.93. The molecule has 2 fully saturated rings. The number of carbonyl (C=O) groups excluding carboxylic acids is 1. The van der Waals surface area contributed by atoms with Crippen molar-refractivity contribution in [2.24, 2.45) is 5.92 Å². The molecule has 5 rings (SSSR count). The molecule has 0 saturated heterocycles. The first kappa shape index (κ1) is 15.7. The Morgan fingerprint density at radius 1 is 1.08 bits per heavy atom. The van der Waals surface area contributed by atoms with Gasteiger partial charge in [0.2, 0.25) is 5.91 Å². The molecule has 0 bridgehead atoms. The van der Waals surface area contributed by atoms with Gasteiger partial charge in [-0.05, 0) is 48.9 Å². The van der Waals surface area contributed by atoms with Gasteiger partial charge in [0.25, 0.3) is 5.79 Å². The lowest BCUT2D eigenvalue weighted by molar-refractivity contribution is -0.117. The van der Waals surface area contributed by atoms with E-state index in [4.69, 9.17) is 9.47 Å². The Hall–Kier alpha value is -2.56. The van der Waals surface area contributed by atoms with Crippen LogP contribution in [0.25, 0.3) is 0 Å². The fraction of sp³-hybridized carbons (Fsp3) is 0.381. The van der Waals surface area contributed by atoms with Gasteiger partial charge in [0.15, 0.2) is 11.5 Å². The standard InChI is InChI=1S/C21H20FNO3/c22-17-6-2-1-5-14(17)15-12-16(15)20(24)23-13-7-8-18-19(11-13)26-21(25-18)9-3-4-10-21/h1-2,5-8,11,15-16H,3-4,9-10,12H2,(H,23,24)/t15-,16-/m1/s1. The van der Waals surface area contributed by atoms with Crippen molar-refractivity contribution in [3.05, 3.63) is 53.8 Å². The zero-order chi connectivity index (χ0) is 17.7. The molecule has 2 atom stereocenters. The first-order valence-electron chi connectivity index (χ1n) is 9.21. The summed E-state index contributed by atoms with van der Waals surface area (Å²) in [4.78, 5) is 12.5. The van der Waals surface area contributed by atoms with E-state index >= 15 is 0 Å². The largest absolute Gasteiger partial charge is 0.448 e. The number of carbonyl (C=O) groups is 1. The molecule has 1 spiro atoms. The van der Waals surface area contributed by atoms with Crippen molar-refractivity contribution in [2.45, 2.75) is 43.8 Å². The van der Waals surface area contributed by atoms with Gasteiger partial charge in [-0.3, -0.25) is 4.79 Å². The molecule has 2 saturated carbocycles. The molecule has 3 aliphatic rings. The summed E-state index contributed by atoms with van der Waals surface area (Å²) in [6.45, 7) is 0. The highest BCUT2D eigenvalue weighted by atomic mass is 19.1. The zero-order valence-corrected chi connectivity index (χ0v) is 14.3. The lowest BCUT2D eigenvalue weighted by Crippen LogP contribution is -2.34. The predicted molar refractivity (Wildman–Crippen MR) is 94.8 cm³/mol. The van der Waals surface area contributed by atoms with Gasteiger partial charge in [0.1, 0.15) is 5.82 Å². The molecule has 2 aromatic rings. The molecule has 1 aliphatic heterocycles. The number of benzene rings is 2. The van der Waals surface area contributed by atoms with Gasteiger partial charge in [-0.15, -0.1) is 0 Å². The maximum absolute atomic E-state index is 13.9. The van der Waals surface area contributed by atoms with Gasteiger partial charge in [0, 0.05) is 30.5 Å². The van der Waals surface area contributed by atoms with E-state index in [1.165, 1.54) is 6.07 Å². The molecule has 0 aromatic heterocycles. The first-order chi connectivity index (χ1) is 12.6. The molecular formula is C21H20FNO3. The Kier molecular flexibility index (Phi) is 3.45. The molecular weight excluding hydrogens is 333 g/mol. The van der Waals surface area contributed by atoms with Crippen LogP contribution in [0.1, 0.15) is 43.6 Å². The lowest BCUT2D eigenvalue weighted by atomic mass is 10.1. The molecule has 4 nitrogen and oxygen atoms in total. The van der Waals surface area contributed by atoms with Crippen LogP contribution in [0.4, 0.5) is 10.1 Å². The van der Waals surface area contributed by atoms with Crippen LogP contribution in [-0.4, -0.2) is 11.7 Å². The summed E-state index contributed by atoms with van der Waals surface area (Å²) in [7, 11) is 0. The highest BCUT2D eigenvalue weighted by molar-refractivity contribution is 5.95. The van der Waals surface area contributed by atoms with E-state index in [2.05, 4.69) is 5.32 Å². The lowest BCUT2D eigenvalue weighted by Gasteiger charge is -2.21. The Morgan fingerprint density at radius 3 is 2.65 bits per heavy atom. The van der Waals surface area contributed by atoms with Crippen LogP contribution in [0.5, 0.6) is 11.5 Å². The molecule has 2 aliphatic carbocycles. The van der Waals surface area contributed by atoms with Crippen LogP contribution in [-0.2, 0) is 4.79 Å². The summed E-state index contributed by atoms with van der Waals surface area (Å²) in [5.74, 6) is 0.389. The van der Waals surface area contributed by atoms with E-state index in [0.717, 1.165) is 31.4 Å². The molecule has 0 radical (unpaired) electrons. The zero-order valence-electron chi connectivity index (χ0n) is 14.3. The van der Waals surface area contributed by atoms with Crippen molar-refractivity contribution in [1.29, 1.82) is 0 Å². The van der Waals surface area contributed by atoms with Crippen LogP contribution in [0.2, 0.25) is 0 Å². The number of nitrogens with one attached hydrogen (secondary N) is 1. The van der Waals surface area contributed by atoms with Gasteiger partial charge < -0.3 is 14.8 Å². The van der Waals surface area contributed by atoms with Crippen molar-refractivity contribution in [2.75, 3.05) is 5.32 Å². The van der Waals surface area contributed by atoms with Gasteiger partial charge >= 0.3 is 0 Å². The SMILES string of the molecule is O=C(Nc1ccc2c(c1)OC1(CCCC1)O2)[C@@H]1C[C@@H]1c1ccccc1F. The Labute approximate surface area is 151 Å². The average molecular weight is 353 g/mol. The highest BCUT2D eigenvalue weighted by Gasteiger charge is 2.46. The number of hydrogen-bond acceptors (Lipinski definition) is 3. The second-order valence-corrected chi connectivity index (χ2v) is 7.44. The van der Waals surface area contributed by atoms with Crippen molar-refractivity contribution in [1.82, 2.24) is 0 Å². The van der Waals surface area contributed by atoms with Gasteiger partial charge in [0.05, 0.1) is 0 Å². The molecule has 0 unspecified atom stereocenters. The van der Waals surface area contributed by atoms with Crippen LogP contribution in [0, 0.1) is 11.7 Å². The molecule has 134 valence electrons. The quantitative estimate of drug-likeness (QED) is 0.877. The topological polar surface area (TPSA) is 47.6 Å². The number of fused-ring (bicyclic) bond motifs is 1. The maximum atomic E-state index is 13.9. The van der Waals surface area contributed by atoms with E-state index in [9.17, 15) is 9.18 Å². The Balaban J connectivity index is 1.27. The van der Waals surface area contributed by atoms with Crippen LogP contribution in [0.3, 0.4) is 0 Å². The normalized spacial score (nSPS) is 24.7. The fourth-order valence-electron chi connectivity index (χ4n) is 4.13. The van der Waals surface area contributed by atoms with E-state index in [0.29, 0.717) is 23.4 Å². The van der Waals surface area contributed by atoms with Crippen LogP contribution < -0.4 is 14.8 Å². The third-order valence-corrected chi connectivity index (χ3v) is 5.60. The van der Waals surface area contributed by atoms with Crippen molar-refractivity contribution < 1.29 is 18.7 Å². The highest BCUT2D eigenvalue weighted by Crippen LogP contribution is 2.50. The van der Waals surface area contributed by atoms with Gasteiger partial charge in [-0.25, -0.2) is 4.39 Å². The smallest absolute Gasteiger partial charge is 0.251 e. The fourth-order valence-corrected chi connectivity index (χ4v) is 4.13. The van der Waals surface area contributed by atoms with Crippen molar-refractivity contribution >= 4 is 11.6 Å². The van der Waals surface area contributed by atoms with Crippen molar-refractivity contribution in [3.8, 4) is 11.5 Å². The molecule has 1 N–H and O–H groups in total. The minimum atomic E-state index is -0.503. The second kappa shape index (κ2) is 5.73. The number of rotatable bonds is 3. The van der Waals surface area contributed by atoms with E-state index in [-0.39, 0.29) is 23.6 Å². The summed E-state index contributed by atoms with van der Waals surface area (Å²) in [6.07, 6.45) is 4.69. The number of anilines is 1. The summed E-state index contributed by atoms with van der Waals surface area (Å²) in [5.41, 5.74) is 1.31. The monoisotopic (exact) mass is 353 g/mol. The number of hydrogen-bond donors (Lipinski definition) is 1. The summed E-state index contributed by atoms with van der Waals surface area (Å²) in [6, 6.07) is 12.2. The first-order valence-corrected chi connectivity index (χ1v) is 9.21. The van der Waals surface area contributed by atoms with Gasteiger partial charge in [-0.1, -0.05) is 18.2 Å². The number of amides is 1. The third kappa shape index (κ3) is 2.62. The molecule has 2 aromatic carbocycles. The van der Waals surface area contributed by atoms with Crippen LogP contribution >= 0.6 is 0 Å². The second-order valence-electron chi connectivity index (χ2n) is 7.44. The Morgan fingerprint density at radius 2 is 1.85 bits per heavy atom. The summed E-state index contributed by atoms with van der Waals surface area (Å²) < 4.78 is 25.9. The predicted octanol–water partition coefficient (Wildman–Crippen LogP) is 4.61. The molecule has 1 heterocycles. The minimum absolute atomic E-state index is 0.0352. The van der Waals surface area contributed by atoms with E-state index < -0.39 is 5.79 Å². The Bertz CT molecular complexity index is 875. The minimum Gasteiger partial charge on any atom is -0.448 e.